The standard InChI is InChI=1S/C69H110O12/c1-4-7-10-13-16-19-22-25-28-30-31-33-35-37-40-43-46-49-52-55-61(70)77-58-60(79-62(71)56-53-50-47-44-41-39-36-32-29-26-23-20-17-14-11-8-5-2)59-78-69-67(65(74)64(73)66(81-69)68(75)76)80-63(72)57-54-51-48-45-42-38-34-27-24-21-18-15-12-9-6-3/h7,9-10,12,16,18-19,21,25,27-28,31,33-34,37,40,42,45,51,54,60,64-67,69,73-74H,4-6,8,11,13-15,17,20,22-24,26,29-30,32,35-36,38-39,41,43-44,46-50,52-53,55-59H2,1-3H3,(H,75,76)/b10-7-,12-9-,19-16-,21-18-,28-25-,33-31-,34-27-,40-37-,45-42-,54-51-. The Kier molecular flexibility index (Phi) is 50.9. The normalized spacial score (nSPS) is 18.6. The highest BCUT2D eigenvalue weighted by atomic mass is 16.7. The molecule has 12 heteroatoms. The second-order valence-corrected chi connectivity index (χ2v) is 21.0. The molecule has 1 rings (SSSR count). The fraction of sp³-hybridized carbons (Fsp3) is 0.652. The van der Waals surface area contributed by atoms with E-state index in [0.29, 0.717) is 19.3 Å². The van der Waals surface area contributed by atoms with Gasteiger partial charge in [-0.1, -0.05) is 251 Å². The Hall–Kier alpha value is -4.88. The van der Waals surface area contributed by atoms with Crippen LogP contribution in [0.4, 0.5) is 0 Å². The highest BCUT2D eigenvalue weighted by molar-refractivity contribution is 5.74. The number of aliphatic carboxylic acids is 1. The van der Waals surface area contributed by atoms with E-state index in [-0.39, 0.29) is 25.9 Å². The number of hydrogen-bond acceptors (Lipinski definition) is 11. The maximum Gasteiger partial charge on any atom is 0.335 e. The minimum absolute atomic E-state index is 0.142. The van der Waals surface area contributed by atoms with Crippen LogP contribution in [-0.2, 0) is 42.9 Å². The highest BCUT2D eigenvalue weighted by Gasteiger charge is 2.50. The zero-order valence-corrected chi connectivity index (χ0v) is 50.5. The summed E-state index contributed by atoms with van der Waals surface area (Å²) in [6, 6.07) is 0. The molecule has 1 aliphatic heterocycles. The number of carbonyl (C=O) groups is 4. The van der Waals surface area contributed by atoms with Crippen LogP contribution in [0, 0.1) is 0 Å². The van der Waals surface area contributed by atoms with Crippen LogP contribution in [0.5, 0.6) is 0 Å². The summed E-state index contributed by atoms with van der Waals surface area (Å²) in [4.78, 5) is 51.2. The number of hydrogen-bond donors (Lipinski definition) is 3. The second kappa shape index (κ2) is 55.6. The topological polar surface area (TPSA) is 175 Å². The predicted molar refractivity (Wildman–Crippen MR) is 330 cm³/mol. The van der Waals surface area contributed by atoms with Crippen molar-refractivity contribution in [3.63, 3.8) is 0 Å². The molecule has 1 aliphatic rings. The van der Waals surface area contributed by atoms with E-state index in [1.54, 1.807) is 12.2 Å². The smallest absolute Gasteiger partial charge is 0.335 e. The molecule has 0 radical (unpaired) electrons. The summed E-state index contributed by atoms with van der Waals surface area (Å²) in [6.45, 7) is 5.71. The number of carboxylic acid groups (broad SMARTS) is 1. The molecule has 1 saturated heterocycles. The van der Waals surface area contributed by atoms with Gasteiger partial charge in [-0.2, -0.15) is 0 Å². The maximum absolute atomic E-state index is 13.2. The first-order valence-corrected chi connectivity index (χ1v) is 31.5. The van der Waals surface area contributed by atoms with Crippen molar-refractivity contribution in [3.05, 3.63) is 122 Å². The molecule has 1 fully saturated rings. The Balaban J connectivity index is 2.74. The Labute approximate surface area is 490 Å². The van der Waals surface area contributed by atoms with Gasteiger partial charge in [0.25, 0.3) is 0 Å². The van der Waals surface area contributed by atoms with Crippen LogP contribution in [0.2, 0.25) is 0 Å². The molecule has 0 saturated carbocycles. The molecule has 0 aliphatic carbocycles. The van der Waals surface area contributed by atoms with E-state index in [2.05, 4.69) is 118 Å². The SMILES string of the molecule is CC/C=C\C/C=C\C/C=C\C/C=C\C/C=C\CCCCCC(=O)OCC(COC1OC(C(=O)O)C(O)C(O)C1OC(=O)C/C=C\C/C=C\C/C=C\C/C=C\C/C=C\CC)OC(=O)CCCCCCCCCCCCCCCCCCC. The first-order valence-electron chi connectivity index (χ1n) is 31.5. The van der Waals surface area contributed by atoms with Gasteiger partial charge in [0.2, 0.25) is 0 Å². The second-order valence-electron chi connectivity index (χ2n) is 21.0. The molecule has 81 heavy (non-hydrogen) atoms. The van der Waals surface area contributed by atoms with Gasteiger partial charge in [0.05, 0.1) is 13.0 Å². The summed E-state index contributed by atoms with van der Waals surface area (Å²) < 4.78 is 28.3. The largest absolute Gasteiger partial charge is 0.479 e. The molecule has 6 unspecified atom stereocenters. The number of esters is 3. The zero-order chi connectivity index (χ0) is 58.9. The monoisotopic (exact) mass is 1130 g/mol. The van der Waals surface area contributed by atoms with Gasteiger partial charge in [-0.05, 0) is 89.9 Å². The number of carbonyl (C=O) groups excluding carboxylic acids is 3. The number of aliphatic hydroxyl groups excluding tert-OH is 2. The third-order valence-electron chi connectivity index (χ3n) is 13.6. The number of allylic oxidation sites excluding steroid dienone is 19. The van der Waals surface area contributed by atoms with Gasteiger partial charge in [0.1, 0.15) is 18.8 Å². The van der Waals surface area contributed by atoms with E-state index in [1.165, 1.54) is 83.5 Å². The van der Waals surface area contributed by atoms with Crippen molar-refractivity contribution >= 4 is 23.9 Å². The van der Waals surface area contributed by atoms with Crippen molar-refractivity contribution in [1.29, 1.82) is 0 Å². The molecule has 458 valence electrons. The average molecular weight is 1130 g/mol. The number of ether oxygens (including phenoxy) is 5. The zero-order valence-electron chi connectivity index (χ0n) is 50.5. The lowest BCUT2D eigenvalue weighted by Crippen LogP contribution is -2.61. The molecule has 0 aromatic rings. The molecular formula is C69H110O12. The lowest BCUT2D eigenvalue weighted by atomic mass is 9.98. The van der Waals surface area contributed by atoms with Crippen molar-refractivity contribution in [3.8, 4) is 0 Å². The van der Waals surface area contributed by atoms with Gasteiger partial charge in [-0.25, -0.2) is 4.79 Å². The third kappa shape index (κ3) is 45.3. The van der Waals surface area contributed by atoms with Crippen molar-refractivity contribution in [1.82, 2.24) is 0 Å². The van der Waals surface area contributed by atoms with E-state index < -0.39 is 67.3 Å². The van der Waals surface area contributed by atoms with Crippen LogP contribution in [0.3, 0.4) is 0 Å². The molecule has 0 spiro atoms. The lowest BCUT2D eigenvalue weighted by Gasteiger charge is -2.40. The van der Waals surface area contributed by atoms with Crippen LogP contribution in [0.25, 0.3) is 0 Å². The summed E-state index contributed by atoms with van der Waals surface area (Å²) in [7, 11) is 0. The molecule has 0 bridgehead atoms. The van der Waals surface area contributed by atoms with E-state index in [9.17, 15) is 34.5 Å². The maximum atomic E-state index is 13.2. The van der Waals surface area contributed by atoms with Crippen LogP contribution in [-0.4, -0.2) is 89.2 Å². The van der Waals surface area contributed by atoms with Gasteiger partial charge in [-0.3, -0.25) is 14.4 Å². The van der Waals surface area contributed by atoms with Gasteiger partial charge < -0.3 is 39.0 Å². The van der Waals surface area contributed by atoms with E-state index in [0.717, 1.165) is 96.3 Å². The molecule has 1 heterocycles. The Bertz CT molecular complexity index is 1870. The first-order chi connectivity index (χ1) is 39.6. The third-order valence-corrected chi connectivity index (χ3v) is 13.6. The van der Waals surface area contributed by atoms with Crippen molar-refractivity contribution in [2.75, 3.05) is 13.2 Å². The highest BCUT2D eigenvalue weighted by Crippen LogP contribution is 2.26. The Morgan fingerprint density at radius 1 is 0.432 bits per heavy atom. The average Bonchev–Trinajstić information content (AvgIpc) is 3.53. The minimum atomic E-state index is -1.94. The summed E-state index contributed by atoms with van der Waals surface area (Å²) in [6.07, 6.45) is 64.7. The van der Waals surface area contributed by atoms with Gasteiger partial charge >= 0.3 is 23.9 Å². The Morgan fingerprint density at radius 3 is 1.25 bits per heavy atom. The summed E-state index contributed by atoms with van der Waals surface area (Å²) in [5.74, 6) is -3.33. The summed E-state index contributed by atoms with van der Waals surface area (Å²) >= 11 is 0. The number of unbranched alkanes of at least 4 members (excludes halogenated alkanes) is 19. The van der Waals surface area contributed by atoms with Crippen LogP contribution in [0.15, 0.2) is 122 Å². The molecule has 0 amide bonds. The lowest BCUT2D eigenvalue weighted by molar-refractivity contribution is -0.301. The van der Waals surface area contributed by atoms with Gasteiger partial charge in [0.15, 0.2) is 24.6 Å². The Morgan fingerprint density at radius 2 is 0.815 bits per heavy atom. The van der Waals surface area contributed by atoms with E-state index in [4.69, 9.17) is 23.7 Å². The fourth-order valence-electron chi connectivity index (χ4n) is 8.82. The van der Waals surface area contributed by atoms with Gasteiger partial charge in [0, 0.05) is 12.8 Å². The molecule has 0 aromatic carbocycles. The minimum Gasteiger partial charge on any atom is -0.479 e. The molecule has 0 aromatic heterocycles. The van der Waals surface area contributed by atoms with E-state index >= 15 is 0 Å². The summed E-state index contributed by atoms with van der Waals surface area (Å²) in [5.41, 5.74) is 0. The quantitative estimate of drug-likeness (QED) is 0.0228. The first kappa shape index (κ1) is 74.1. The van der Waals surface area contributed by atoms with Crippen molar-refractivity contribution in [2.45, 2.75) is 276 Å². The molecule has 6 atom stereocenters. The van der Waals surface area contributed by atoms with Crippen LogP contribution < -0.4 is 0 Å². The number of rotatable bonds is 52. The molecule has 3 N–H and O–H groups in total. The van der Waals surface area contributed by atoms with Crippen molar-refractivity contribution in [2.24, 2.45) is 0 Å². The molecular weight excluding hydrogens is 1020 g/mol. The molecule has 12 nitrogen and oxygen atoms in total. The van der Waals surface area contributed by atoms with Crippen LogP contribution in [0.1, 0.15) is 239 Å². The number of carboxylic acids is 1. The fourth-order valence-corrected chi connectivity index (χ4v) is 8.82. The predicted octanol–water partition coefficient (Wildman–Crippen LogP) is 16.8. The van der Waals surface area contributed by atoms with Gasteiger partial charge in [-0.15, -0.1) is 0 Å². The van der Waals surface area contributed by atoms with Crippen LogP contribution >= 0.6 is 0 Å². The van der Waals surface area contributed by atoms with Crippen molar-refractivity contribution < 1.29 is 58.2 Å². The van der Waals surface area contributed by atoms with E-state index in [1.807, 2.05) is 12.2 Å². The number of aliphatic hydroxyl groups is 2. The summed E-state index contributed by atoms with van der Waals surface area (Å²) in [5, 5.41) is 31.5.